The molecule has 1 aromatic rings. The molecule has 0 bridgehead atoms. The van der Waals surface area contributed by atoms with E-state index in [1.54, 1.807) is 18.2 Å². The fourth-order valence-corrected chi connectivity index (χ4v) is 1.83. The lowest BCUT2D eigenvalue weighted by atomic mass is 10.0. The summed E-state index contributed by atoms with van der Waals surface area (Å²) >= 11 is 3.21. The van der Waals surface area contributed by atoms with E-state index in [1.807, 2.05) is 0 Å². The summed E-state index contributed by atoms with van der Waals surface area (Å²) in [5, 5.41) is 17.3. The molecule has 15 heavy (non-hydrogen) atoms. The molecule has 0 aromatic heterocycles. The largest absolute Gasteiger partial charge is 0.481 e. The third-order valence-electron chi connectivity index (χ3n) is 1.89. The molecule has 0 atom stereocenters. The molecule has 0 fully saturated rings. The van der Waals surface area contributed by atoms with Gasteiger partial charge in [-0.3, -0.25) is 9.59 Å². The van der Waals surface area contributed by atoms with Crippen LogP contribution in [0.2, 0.25) is 0 Å². The third-order valence-corrected chi connectivity index (χ3v) is 2.63. The van der Waals surface area contributed by atoms with Gasteiger partial charge in [-0.05, 0) is 17.2 Å². The summed E-state index contributed by atoms with van der Waals surface area (Å²) in [5.41, 5.74) is 1.05. The third kappa shape index (κ3) is 3.36. The molecular weight excluding hydrogens is 264 g/mol. The molecule has 0 amide bonds. The number of aliphatic carboxylic acids is 2. The van der Waals surface area contributed by atoms with Gasteiger partial charge in [0.2, 0.25) is 0 Å². The summed E-state index contributed by atoms with van der Waals surface area (Å²) in [6.07, 6.45) is -0.341. The second-order valence-corrected chi connectivity index (χ2v) is 3.87. The lowest BCUT2D eigenvalue weighted by Crippen LogP contribution is -2.08. The number of benzene rings is 1. The summed E-state index contributed by atoms with van der Waals surface area (Å²) in [6, 6.07) is 5.01. The van der Waals surface area contributed by atoms with Crippen molar-refractivity contribution in [3.05, 3.63) is 33.8 Å². The van der Waals surface area contributed by atoms with Crippen molar-refractivity contribution >= 4 is 27.9 Å². The van der Waals surface area contributed by atoms with Crippen LogP contribution in [0.3, 0.4) is 0 Å². The lowest BCUT2D eigenvalue weighted by molar-refractivity contribution is -0.137. The van der Waals surface area contributed by atoms with Gasteiger partial charge in [0.25, 0.3) is 0 Å². The van der Waals surface area contributed by atoms with E-state index in [-0.39, 0.29) is 12.8 Å². The fourth-order valence-electron chi connectivity index (χ4n) is 1.28. The number of hydrogen-bond acceptors (Lipinski definition) is 2. The van der Waals surface area contributed by atoms with Gasteiger partial charge >= 0.3 is 11.9 Å². The fraction of sp³-hybridized carbons (Fsp3) is 0.200. The van der Waals surface area contributed by atoms with Gasteiger partial charge in [0, 0.05) is 4.47 Å². The molecule has 0 radical (unpaired) electrons. The van der Waals surface area contributed by atoms with Crippen molar-refractivity contribution in [2.45, 2.75) is 12.8 Å². The van der Waals surface area contributed by atoms with E-state index in [4.69, 9.17) is 10.2 Å². The Morgan fingerprint density at radius 3 is 2.27 bits per heavy atom. The normalized spacial score (nSPS) is 9.93. The highest BCUT2D eigenvalue weighted by molar-refractivity contribution is 9.10. The van der Waals surface area contributed by atoms with E-state index in [2.05, 4.69) is 15.9 Å². The minimum atomic E-state index is -0.978. The molecular formula is C10H9BrO4. The first-order chi connectivity index (χ1) is 7.00. The molecule has 1 rings (SSSR count). The van der Waals surface area contributed by atoms with Crippen LogP contribution >= 0.6 is 15.9 Å². The van der Waals surface area contributed by atoms with Crippen LogP contribution in [0.5, 0.6) is 0 Å². The maximum Gasteiger partial charge on any atom is 0.307 e. The molecule has 0 aliphatic rings. The van der Waals surface area contributed by atoms with Crippen LogP contribution in [0.25, 0.3) is 0 Å². The summed E-state index contributed by atoms with van der Waals surface area (Å²) < 4.78 is 0.628. The number of carboxylic acid groups (broad SMARTS) is 2. The minimum Gasteiger partial charge on any atom is -0.481 e. The van der Waals surface area contributed by atoms with E-state index in [0.29, 0.717) is 15.6 Å². The average Bonchev–Trinajstić information content (AvgIpc) is 2.09. The van der Waals surface area contributed by atoms with E-state index in [9.17, 15) is 9.59 Å². The van der Waals surface area contributed by atoms with Gasteiger partial charge in [0.1, 0.15) is 0 Å². The molecule has 5 heteroatoms. The van der Waals surface area contributed by atoms with Gasteiger partial charge in [-0.15, -0.1) is 0 Å². The summed E-state index contributed by atoms with van der Waals surface area (Å²) in [7, 11) is 0. The molecule has 4 nitrogen and oxygen atoms in total. The molecule has 0 saturated heterocycles. The van der Waals surface area contributed by atoms with Crippen LogP contribution in [0.1, 0.15) is 11.1 Å². The van der Waals surface area contributed by atoms with E-state index < -0.39 is 11.9 Å². The topological polar surface area (TPSA) is 74.6 Å². The zero-order valence-corrected chi connectivity index (χ0v) is 9.32. The smallest absolute Gasteiger partial charge is 0.307 e. The predicted octanol–water partition coefficient (Wildman–Crippen LogP) is 1.70. The number of rotatable bonds is 4. The Kier molecular flexibility index (Phi) is 3.85. The molecule has 0 heterocycles. The molecule has 1 aromatic carbocycles. The van der Waals surface area contributed by atoms with Crippen molar-refractivity contribution in [3.63, 3.8) is 0 Å². The van der Waals surface area contributed by atoms with Gasteiger partial charge in [-0.25, -0.2) is 0 Å². The van der Waals surface area contributed by atoms with E-state index in [0.717, 1.165) is 0 Å². The second kappa shape index (κ2) is 4.93. The van der Waals surface area contributed by atoms with Crippen molar-refractivity contribution in [1.29, 1.82) is 0 Å². The van der Waals surface area contributed by atoms with Crippen molar-refractivity contribution in [3.8, 4) is 0 Å². The number of halogens is 1. The molecule has 0 spiro atoms. The van der Waals surface area contributed by atoms with Gasteiger partial charge in [-0.1, -0.05) is 28.1 Å². The first-order valence-corrected chi connectivity index (χ1v) is 5.00. The molecule has 0 saturated carbocycles. The maximum absolute atomic E-state index is 10.6. The van der Waals surface area contributed by atoms with Crippen LogP contribution in [0.15, 0.2) is 22.7 Å². The molecule has 2 N–H and O–H groups in total. The average molecular weight is 273 g/mol. The first kappa shape index (κ1) is 11.7. The van der Waals surface area contributed by atoms with Gasteiger partial charge in [0.15, 0.2) is 0 Å². The van der Waals surface area contributed by atoms with E-state index >= 15 is 0 Å². The van der Waals surface area contributed by atoms with Crippen molar-refractivity contribution in [2.75, 3.05) is 0 Å². The van der Waals surface area contributed by atoms with Gasteiger partial charge in [-0.2, -0.15) is 0 Å². The predicted molar refractivity (Wildman–Crippen MR) is 56.8 cm³/mol. The Bertz CT molecular complexity index is 400. The Hall–Kier alpha value is -1.36. The monoisotopic (exact) mass is 272 g/mol. The zero-order valence-electron chi connectivity index (χ0n) is 7.74. The molecule has 0 aliphatic heterocycles. The van der Waals surface area contributed by atoms with Crippen LogP contribution in [0.4, 0.5) is 0 Å². The van der Waals surface area contributed by atoms with Gasteiger partial charge in [0.05, 0.1) is 12.8 Å². The van der Waals surface area contributed by atoms with E-state index in [1.165, 1.54) is 0 Å². The SMILES string of the molecule is O=C(O)Cc1cccc(Br)c1CC(=O)O. The highest BCUT2D eigenvalue weighted by Crippen LogP contribution is 2.21. The Balaban J connectivity index is 3.08. The number of hydrogen-bond donors (Lipinski definition) is 2. The summed E-state index contributed by atoms with van der Waals surface area (Å²) in [5.74, 6) is -1.95. The molecule has 0 unspecified atom stereocenters. The summed E-state index contributed by atoms with van der Waals surface area (Å²) in [6.45, 7) is 0. The second-order valence-electron chi connectivity index (χ2n) is 3.02. The van der Waals surface area contributed by atoms with Crippen molar-refractivity contribution < 1.29 is 19.8 Å². The van der Waals surface area contributed by atoms with Gasteiger partial charge < -0.3 is 10.2 Å². The van der Waals surface area contributed by atoms with Crippen LogP contribution < -0.4 is 0 Å². The van der Waals surface area contributed by atoms with Crippen LogP contribution in [0, 0.1) is 0 Å². The Morgan fingerprint density at radius 2 is 1.73 bits per heavy atom. The summed E-state index contributed by atoms with van der Waals surface area (Å²) in [4.78, 5) is 21.1. The Labute approximate surface area is 94.7 Å². The zero-order chi connectivity index (χ0) is 11.4. The highest BCUT2D eigenvalue weighted by atomic mass is 79.9. The Morgan fingerprint density at radius 1 is 1.13 bits per heavy atom. The number of carboxylic acids is 2. The van der Waals surface area contributed by atoms with Crippen molar-refractivity contribution in [2.24, 2.45) is 0 Å². The lowest BCUT2D eigenvalue weighted by Gasteiger charge is -2.07. The van der Waals surface area contributed by atoms with Crippen LogP contribution in [-0.4, -0.2) is 22.2 Å². The first-order valence-electron chi connectivity index (χ1n) is 4.20. The standard InChI is InChI=1S/C10H9BrO4/c11-8-3-1-2-6(4-9(12)13)7(8)5-10(14)15/h1-3H,4-5H2,(H,12,13)(H,14,15). The molecule has 80 valence electrons. The number of carbonyl (C=O) groups is 2. The highest BCUT2D eigenvalue weighted by Gasteiger charge is 2.12. The maximum atomic E-state index is 10.6. The van der Waals surface area contributed by atoms with Crippen molar-refractivity contribution in [1.82, 2.24) is 0 Å². The van der Waals surface area contributed by atoms with Crippen LogP contribution in [-0.2, 0) is 22.4 Å². The quantitative estimate of drug-likeness (QED) is 0.875. The molecule has 0 aliphatic carbocycles. The minimum absolute atomic E-state index is 0.165.